The molecule has 2 aromatic carbocycles. The van der Waals surface area contributed by atoms with Crippen LogP contribution in [-0.2, 0) is 21.1 Å². The molecule has 4 heterocycles. The second-order valence-electron chi connectivity index (χ2n) is 8.56. The molecule has 6 aromatic rings. The van der Waals surface area contributed by atoms with E-state index >= 15 is 0 Å². The first-order valence-corrected chi connectivity index (χ1v) is 15.4. The summed E-state index contributed by atoms with van der Waals surface area (Å²) in [6, 6.07) is 24.5. The van der Waals surface area contributed by atoms with E-state index in [-0.39, 0.29) is 21.1 Å². The van der Waals surface area contributed by atoms with Gasteiger partial charge in [0.05, 0.1) is 22.1 Å². The van der Waals surface area contributed by atoms with Gasteiger partial charge in [-0.2, -0.15) is 63.2 Å². The average Bonchev–Trinajstić information content (AvgIpc) is 3.67. The van der Waals surface area contributed by atoms with Crippen LogP contribution in [0.4, 0.5) is 5.00 Å². The van der Waals surface area contributed by atoms with Crippen LogP contribution in [0.25, 0.3) is 36.4 Å². The SMILES string of the molecule is [C-]#[N+]c1cc2cc[c-]c(-n3ccc([Si](C)(C)c4ccn(-c5[c-]ccc6cc(C#N)sc56)n4)n3)c2s1.[Pt+2]. The van der Waals surface area contributed by atoms with Crippen LogP contribution < -0.4 is 10.6 Å². The minimum absolute atomic E-state index is 0. The number of nitriles is 1. The number of benzene rings is 2. The van der Waals surface area contributed by atoms with Crippen LogP contribution in [0.1, 0.15) is 4.88 Å². The Morgan fingerprint density at radius 2 is 1.47 bits per heavy atom. The molecule has 0 unspecified atom stereocenters. The Labute approximate surface area is 231 Å². The quantitative estimate of drug-likeness (QED) is 0.185. The van der Waals surface area contributed by atoms with Crippen molar-refractivity contribution < 1.29 is 21.1 Å². The molecule has 10 heteroatoms. The third-order valence-electron chi connectivity index (χ3n) is 6.04. The predicted molar refractivity (Wildman–Crippen MR) is 143 cm³/mol. The smallest absolute Gasteiger partial charge is 0.264 e. The Morgan fingerprint density at radius 1 is 0.917 bits per heavy atom. The molecule has 0 saturated heterocycles. The van der Waals surface area contributed by atoms with Crippen molar-refractivity contribution in [2.24, 2.45) is 0 Å². The van der Waals surface area contributed by atoms with Gasteiger partial charge in [-0.1, -0.05) is 29.9 Å². The van der Waals surface area contributed by atoms with Crippen molar-refractivity contribution in [3.05, 3.63) is 89.4 Å². The first kappa shape index (κ1) is 24.4. The van der Waals surface area contributed by atoms with Gasteiger partial charge in [0.2, 0.25) is 5.00 Å². The molecule has 0 aliphatic carbocycles. The van der Waals surface area contributed by atoms with E-state index in [9.17, 15) is 5.26 Å². The maximum Gasteiger partial charge on any atom is 2.00 e. The summed E-state index contributed by atoms with van der Waals surface area (Å²) in [7, 11) is -2.20. The number of nitrogens with zero attached hydrogens (tertiary/aromatic N) is 6. The van der Waals surface area contributed by atoms with E-state index in [1.165, 1.54) is 22.7 Å². The average molecular weight is 700 g/mol. The van der Waals surface area contributed by atoms with Crippen molar-refractivity contribution in [2.45, 2.75) is 13.1 Å². The fourth-order valence-corrected chi connectivity index (χ4v) is 7.95. The number of rotatable bonds is 4. The van der Waals surface area contributed by atoms with Crippen molar-refractivity contribution in [3.63, 3.8) is 0 Å². The second kappa shape index (κ2) is 9.27. The molecule has 176 valence electrons. The van der Waals surface area contributed by atoms with Crippen LogP contribution in [0.15, 0.2) is 60.9 Å². The van der Waals surface area contributed by atoms with Gasteiger partial charge in [0.15, 0.2) is 8.07 Å². The molecular weight excluding hydrogens is 684 g/mol. The Balaban J connectivity index is 0.00000267. The van der Waals surface area contributed by atoms with Gasteiger partial charge in [-0.3, -0.25) is 9.36 Å². The van der Waals surface area contributed by atoms with Gasteiger partial charge >= 0.3 is 21.1 Å². The summed E-state index contributed by atoms with van der Waals surface area (Å²) < 4.78 is 5.72. The Kier molecular flexibility index (Phi) is 6.28. The first-order chi connectivity index (χ1) is 17.0. The van der Waals surface area contributed by atoms with Gasteiger partial charge in [-0.05, 0) is 28.2 Å². The minimum atomic E-state index is -2.20. The van der Waals surface area contributed by atoms with E-state index in [1.54, 1.807) is 0 Å². The van der Waals surface area contributed by atoms with Crippen LogP contribution in [0.3, 0.4) is 0 Å². The van der Waals surface area contributed by atoms with E-state index in [0.29, 0.717) is 9.88 Å². The zero-order valence-electron chi connectivity index (χ0n) is 19.1. The van der Waals surface area contributed by atoms with Gasteiger partial charge in [0.25, 0.3) is 0 Å². The molecule has 0 N–H and O–H groups in total. The Morgan fingerprint density at radius 3 is 2.03 bits per heavy atom. The number of hydrogen-bond donors (Lipinski definition) is 0. The van der Waals surface area contributed by atoms with E-state index < -0.39 is 8.07 Å². The molecule has 0 atom stereocenters. The van der Waals surface area contributed by atoms with Gasteiger partial charge < -0.3 is 0 Å². The molecule has 0 aliphatic rings. The first-order valence-electron chi connectivity index (χ1n) is 10.8. The fourth-order valence-electron chi connectivity index (χ4n) is 4.11. The number of hydrogen-bond acceptors (Lipinski definition) is 5. The van der Waals surface area contributed by atoms with Crippen LogP contribution in [-0.4, -0.2) is 27.6 Å². The maximum absolute atomic E-state index is 9.30. The van der Waals surface area contributed by atoms with Crippen molar-refractivity contribution >= 4 is 66.6 Å². The van der Waals surface area contributed by atoms with Crippen LogP contribution in [0, 0.1) is 30.0 Å². The Hall–Kier alpha value is -3.33. The van der Waals surface area contributed by atoms with E-state index in [2.05, 4.69) is 48.3 Å². The topological polar surface area (TPSA) is 63.8 Å². The largest absolute Gasteiger partial charge is 2.00 e. The van der Waals surface area contributed by atoms with Crippen molar-refractivity contribution in [1.29, 1.82) is 5.26 Å². The zero-order valence-corrected chi connectivity index (χ0v) is 24.0. The predicted octanol–water partition coefficient (Wildman–Crippen LogP) is 5.33. The molecule has 0 amide bonds. The zero-order chi connectivity index (χ0) is 24.2. The van der Waals surface area contributed by atoms with Crippen molar-refractivity contribution in [2.75, 3.05) is 0 Å². The maximum atomic E-state index is 9.30. The summed E-state index contributed by atoms with van der Waals surface area (Å²) in [5, 5.41) is 23.9. The molecule has 0 radical (unpaired) electrons. The van der Waals surface area contributed by atoms with E-state index in [4.69, 9.17) is 16.8 Å². The van der Waals surface area contributed by atoms with Crippen molar-refractivity contribution in [3.8, 4) is 17.4 Å². The molecule has 36 heavy (non-hydrogen) atoms. The molecule has 0 bridgehead atoms. The summed E-state index contributed by atoms with van der Waals surface area (Å²) in [6.07, 6.45) is 3.93. The van der Waals surface area contributed by atoms with E-state index in [0.717, 1.165) is 42.2 Å². The standard InChI is InChI=1S/C26H16N6S2Si.Pt/c1-28-22-15-18-7-5-9-21(26(18)34-22)32-13-11-24(30-32)35(2,3)23-10-12-31(29-23)20-8-4-6-17-14-19(16-27)33-25(17)20;/h4-7,10-15H,2-3H3;/q-2;+2. The van der Waals surface area contributed by atoms with Gasteiger partial charge in [0, 0.05) is 12.4 Å². The number of fused-ring (bicyclic) bond motifs is 2. The molecule has 6 rings (SSSR count). The number of thiophene rings is 2. The molecule has 0 spiro atoms. The molecular formula is C26H16N6PtS2Si. The van der Waals surface area contributed by atoms with Crippen molar-refractivity contribution in [1.82, 2.24) is 19.6 Å². The van der Waals surface area contributed by atoms with Gasteiger partial charge in [-0.15, -0.1) is 10.8 Å². The third kappa shape index (κ3) is 3.95. The summed E-state index contributed by atoms with van der Waals surface area (Å²) in [5.41, 5.74) is 1.71. The summed E-state index contributed by atoms with van der Waals surface area (Å²) >= 11 is 2.92. The molecule has 6 nitrogen and oxygen atoms in total. The molecule has 0 aliphatic heterocycles. The number of aromatic nitrogens is 4. The van der Waals surface area contributed by atoms with Crippen LogP contribution in [0.5, 0.6) is 0 Å². The Bertz CT molecular complexity index is 1700. The normalized spacial score (nSPS) is 11.3. The molecule has 0 fully saturated rings. The van der Waals surface area contributed by atoms with E-state index in [1.807, 2.05) is 58.2 Å². The van der Waals surface area contributed by atoms with Crippen LogP contribution in [0.2, 0.25) is 13.1 Å². The van der Waals surface area contributed by atoms with Crippen LogP contribution >= 0.6 is 22.7 Å². The second-order valence-corrected chi connectivity index (χ2v) is 14.9. The molecule has 4 aromatic heterocycles. The summed E-state index contributed by atoms with van der Waals surface area (Å²) in [5.74, 6) is 0. The third-order valence-corrected chi connectivity index (χ3v) is 11.3. The minimum Gasteiger partial charge on any atom is -0.264 e. The summed E-state index contributed by atoms with van der Waals surface area (Å²) in [6.45, 7) is 11.8. The fraction of sp³-hybridized carbons (Fsp3) is 0.0769. The summed E-state index contributed by atoms with van der Waals surface area (Å²) in [4.78, 5) is 4.26. The van der Waals surface area contributed by atoms with Gasteiger partial charge in [-0.25, -0.2) is 16.2 Å². The monoisotopic (exact) mass is 699 g/mol. The van der Waals surface area contributed by atoms with Gasteiger partial charge in [0.1, 0.15) is 6.07 Å². The molecule has 0 saturated carbocycles.